The molecule has 0 fully saturated rings. The fourth-order valence-corrected chi connectivity index (χ4v) is 2.18. The molecule has 0 aromatic heterocycles. The van der Waals surface area contributed by atoms with Crippen LogP contribution in [-0.4, -0.2) is 0 Å². The number of benzene rings is 2. The Morgan fingerprint density at radius 3 is 2.44 bits per heavy atom. The van der Waals surface area contributed by atoms with Crippen molar-refractivity contribution in [1.29, 1.82) is 0 Å². The molecular weight excluding hydrogens is 312 g/mol. The Hall–Kier alpha value is -0.990. The van der Waals surface area contributed by atoms with Crippen LogP contribution in [0.5, 0.6) is 11.5 Å². The number of rotatable bonds is 3. The molecule has 0 radical (unpaired) electrons. The number of hydrogen-bond acceptors (Lipinski definition) is 1. The number of alkyl halides is 1. The third-order valence-electron chi connectivity index (χ3n) is 2.75. The van der Waals surface area contributed by atoms with E-state index in [1.165, 1.54) is 5.56 Å². The molecule has 2 aromatic rings. The first-order chi connectivity index (χ1) is 8.60. The van der Waals surface area contributed by atoms with Crippen LogP contribution in [0, 0.1) is 13.8 Å². The largest absolute Gasteiger partial charge is 0.457 e. The molecular formula is C15H14BrClO. The SMILES string of the molecule is Cc1cc(Oc2ccc(CBr)cc2C)ccc1Cl. The molecule has 0 atom stereocenters. The van der Waals surface area contributed by atoms with Gasteiger partial charge in [0.15, 0.2) is 0 Å². The van der Waals surface area contributed by atoms with E-state index in [1.54, 1.807) is 0 Å². The summed E-state index contributed by atoms with van der Waals surface area (Å²) in [5.74, 6) is 1.69. The lowest BCUT2D eigenvalue weighted by Gasteiger charge is -2.10. The van der Waals surface area contributed by atoms with Crippen LogP contribution >= 0.6 is 27.5 Å². The molecule has 3 heteroatoms. The van der Waals surface area contributed by atoms with Gasteiger partial charge in [-0.15, -0.1) is 0 Å². The molecule has 2 rings (SSSR count). The highest BCUT2D eigenvalue weighted by molar-refractivity contribution is 9.08. The molecule has 0 aliphatic carbocycles. The van der Waals surface area contributed by atoms with Crippen LogP contribution in [0.1, 0.15) is 16.7 Å². The minimum Gasteiger partial charge on any atom is -0.457 e. The van der Waals surface area contributed by atoms with E-state index >= 15 is 0 Å². The molecule has 0 spiro atoms. The molecule has 2 aromatic carbocycles. The van der Waals surface area contributed by atoms with Crippen LogP contribution in [0.15, 0.2) is 36.4 Å². The summed E-state index contributed by atoms with van der Waals surface area (Å²) in [5, 5.41) is 1.61. The van der Waals surface area contributed by atoms with Gasteiger partial charge in [-0.3, -0.25) is 0 Å². The van der Waals surface area contributed by atoms with Crippen molar-refractivity contribution in [2.45, 2.75) is 19.2 Å². The van der Waals surface area contributed by atoms with Crippen molar-refractivity contribution in [3.05, 3.63) is 58.1 Å². The van der Waals surface area contributed by atoms with Crippen LogP contribution in [-0.2, 0) is 5.33 Å². The van der Waals surface area contributed by atoms with Crippen LogP contribution < -0.4 is 4.74 Å². The maximum absolute atomic E-state index is 5.99. The van der Waals surface area contributed by atoms with Crippen molar-refractivity contribution in [3.8, 4) is 11.5 Å². The first-order valence-corrected chi connectivity index (χ1v) is 7.19. The lowest BCUT2D eigenvalue weighted by molar-refractivity contribution is 0.478. The van der Waals surface area contributed by atoms with Crippen molar-refractivity contribution < 1.29 is 4.74 Å². The molecule has 0 saturated heterocycles. The summed E-state index contributed by atoms with van der Waals surface area (Å²) in [4.78, 5) is 0. The van der Waals surface area contributed by atoms with Crippen molar-refractivity contribution in [2.24, 2.45) is 0 Å². The summed E-state index contributed by atoms with van der Waals surface area (Å²) >= 11 is 9.44. The van der Waals surface area contributed by atoms with E-state index in [4.69, 9.17) is 16.3 Å². The average Bonchev–Trinajstić information content (AvgIpc) is 2.36. The van der Waals surface area contributed by atoms with Gasteiger partial charge in [-0.1, -0.05) is 39.7 Å². The zero-order valence-electron chi connectivity index (χ0n) is 10.3. The monoisotopic (exact) mass is 324 g/mol. The lowest BCUT2D eigenvalue weighted by Crippen LogP contribution is -1.90. The first-order valence-electron chi connectivity index (χ1n) is 5.69. The topological polar surface area (TPSA) is 9.23 Å². The Kier molecular flexibility index (Phi) is 4.31. The molecule has 0 aliphatic heterocycles. The number of aryl methyl sites for hydroxylation is 2. The number of halogens is 2. The van der Waals surface area contributed by atoms with E-state index < -0.39 is 0 Å². The highest BCUT2D eigenvalue weighted by atomic mass is 79.9. The fraction of sp³-hybridized carbons (Fsp3) is 0.200. The van der Waals surface area contributed by atoms with Gasteiger partial charge in [0, 0.05) is 10.4 Å². The number of ether oxygens (including phenoxy) is 1. The predicted molar refractivity (Wildman–Crippen MR) is 80.1 cm³/mol. The smallest absolute Gasteiger partial charge is 0.130 e. The molecule has 94 valence electrons. The third-order valence-corrected chi connectivity index (χ3v) is 3.82. The van der Waals surface area contributed by atoms with Crippen LogP contribution in [0.25, 0.3) is 0 Å². The highest BCUT2D eigenvalue weighted by Crippen LogP contribution is 2.28. The summed E-state index contributed by atoms with van der Waals surface area (Å²) in [7, 11) is 0. The van der Waals surface area contributed by atoms with Crippen molar-refractivity contribution in [3.63, 3.8) is 0 Å². The second kappa shape index (κ2) is 5.77. The molecule has 0 bridgehead atoms. The van der Waals surface area contributed by atoms with E-state index in [0.29, 0.717) is 0 Å². The first kappa shape index (κ1) is 13.4. The van der Waals surface area contributed by atoms with Gasteiger partial charge in [0.05, 0.1) is 0 Å². The van der Waals surface area contributed by atoms with Crippen LogP contribution in [0.4, 0.5) is 0 Å². The van der Waals surface area contributed by atoms with Gasteiger partial charge < -0.3 is 4.74 Å². The maximum atomic E-state index is 5.99. The van der Waals surface area contributed by atoms with E-state index in [2.05, 4.69) is 28.1 Å². The van der Waals surface area contributed by atoms with Gasteiger partial charge in [0.2, 0.25) is 0 Å². The Morgan fingerprint density at radius 1 is 1.06 bits per heavy atom. The van der Waals surface area contributed by atoms with Crippen LogP contribution in [0.3, 0.4) is 0 Å². The zero-order chi connectivity index (χ0) is 13.1. The Bertz CT molecular complexity index is 566. The second-order valence-corrected chi connectivity index (χ2v) is 5.21. The molecule has 0 aliphatic rings. The fourth-order valence-electron chi connectivity index (χ4n) is 1.72. The van der Waals surface area contributed by atoms with Crippen molar-refractivity contribution >= 4 is 27.5 Å². The minimum absolute atomic E-state index is 0.758. The molecule has 0 unspecified atom stereocenters. The normalized spacial score (nSPS) is 10.4. The Morgan fingerprint density at radius 2 is 1.83 bits per heavy atom. The summed E-state index contributed by atoms with van der Waals surface area (Å²) in [6, 6.07) is 11.9. The second-order valence-electron chi connectivity index (χ2n) is 4.25. The van der Waals surface area contributed by atoms with Crippen molar-refractivity contribution in [2.75, 3.05) is 0 Å². The van der Waals surface area contributed by atoms with Gasteiger partial charge in [-0.2, -0.15) is 0 Å². The third kappa shape index (κ3) is 3.06. The van der Waals surface area contributed by atoms with Gasteiger partial charge >= 0.3 is 0 Å². The molecule has 0 heterocycles. The molecule has 18 heavy (non-hydrogen) atoms. The van der Waals surface area contributed by atoms with Gasteiger partial charge in [-0.25, -0.2) is 0 Å². The van der Waals surface area contributed by atoms with E-state index in [1.807, 2.05) is 38.1 Å². The molecule has 0 N–H and O–H groups in total. The van der Waals surface area contributed by atoms with Crippen LogP contribution in [0.2, 0.25) is 5.02 Å². The quantitative estimate of drug-likeness (QED) is 0.663. The van der Waals surface area contributed by atoms with E-state index in [-0.39, 0.29) is 0 Å². The predicted octanol–water partition coefficient (Wildman–Crippen LogP) is 5.64. The Balaban J connectivity index is 2.25. The molecule has 1 nitrogen and oxygen atoms in total. The van der Waals surface area contributed by atoms with Crippen molar-refractivity contribution in [1.82, 2.24) is 0 Å². The highest BCUT2D eigenvalue weighted by Gasteiger charge is 2.04. The van der Waals surface area contributed by atoms with Gasteiger partial charge in [0.25, 0.3) is 0 Å². The van der Waals surface area contributed by atoms with E-state index in [9.17, 15) is 0 Å². The summed E-state index contributed by atoms with van der Waals surface area (Å²) in [5.41, 5.74) is 3.38. The lowest BCUT2D eigenvalue weighted by atomic mass is 10.1. The minimum atomic E-state index is 0.758. The average molecular weight is 326 g/mol. The molecule has 0 amide bonds. The summed E-state index contributed by atoms with van der Waals surface area (Å²) in [6.45, 7) is 4.01. The number of hydrogen-bond donors (Lipinski definition) is 0. The van der Waals surface area contributed by atoms with Gasteiger partial charge in [0.1, 0.15) is 11.5 Å². The zero-order valence-corrected chi connectivity index (χ0v) is 12.7. The standard InChI is InChI=1S/C15H14BrClO/c1-10-8-13(4-5-14(10)17)18-15-6-3-12(9-16)7-11(15)2/h3-8H,9H2,1-2H3. The maximum Gasteiger partial charge on any atom is 0.130 e. The Labute approximate surface area is 121 Å². The van der Waals surface area contributed by atoms with Gasteiger partial charge in [-0.05, 0) is 54.8 Å². The summed E-state index contributed by atoms with van der Waals surface area (Å²) < 4.78 is 5.87. The summed E-state index contributed by atoms with van der Waals surface area (Å²) in [6.07, 6.45) is 0. The molecule has 0 saturated carbocycles. The van der Waals surface area contributed by atoms with E-state index in [0.717, 1.165) is 33.0 Å².